The molecule has 30 heavy (non-hydrogen) atoms. The van der Waals surface area contributed by atoms with Crippen molar-refractivity contribution < 1.29 is 14.3 Å². The van der Waals surface area contributed by atoms with Gasteiger partial charge in [0.05, 0.1) is 0 Å². The summed E-state index contributed by atoms with van der Waals surface area (Å²) >= 11 is 0. The topological polar surface area (TPSA) is 58.6 Å². The van der Waals surface area contributed by atoms with Crippen molar-refractivity contribution in [2.24, 2.45) is 0 Å². The van der Waals surface area contributed by atoms with E-state index in [0.717, 1.165) is 24.0 Å². The van der Waals surface area contributed by atoms with Crippen molar-refractivity contribution in [3.63, 3.8) is 0 Å². The molecule has 0 saturated carbocycles. The Morgan fingerprint density at radius 3 is 2.50 bits per heavy atom. The summed E-state index contributed by atoms with van der Waals surface area (Å²) in [6.45, 7) is 10.9. The average molecular weight is 409 g/mol. The summed E-state index contributed by atoms with van der Waals surface area (Å²) in [6, 6.07) is 13.9. The summed E-state index contributed by atoms with van der Waals surface area (Å²) in [6.07, 6.45) is 1.25. The van der Waals surface area contributed by atoms with Crippen LogP contribution in [0.2, 0.25) is 0 Å². The smallest absolute Gasteiger partial charge is 0.407 e. The van der Waals surface area contributed by atoms with Crippen molar-refractivity contribution >= 4 is 12.0 Å². The van der Waals surface area contributed by atoms with Crippen LogP contribution in [0.4, 0.5) is 4.79 Å². The Morgan fingerprint density at radius 2 is 1.80 bits per heavy atom. The van der Waals surface area contributed by atoms with Crippen LogP contribution in [0.15, 0.2) is 42.5 Å². The summed E-state index contributed by atoms with van der Waals surface area (Å²) in [4.78, 5) is 27.4. The quantitative estimate of drug-likeness (QED) is 0.769. The molecule has 0 radical (unpaired) electrons. The Balaban J connectivity index is 1.76. The van der Waals surface area contributed by atoms with Gasteiger partial charge in [-0.3, -0.25) is 4.79 Å². The molecule has 0 spiro atoms. The highest BCUT2D eigenvalue weighted by Gasteiger charge is 2.28. The molecule has 160 valence electrons. The van der Waals surface area contributed by atoms with E-state index in [1.54, 1.807) is 0 Å². The third-order valence-electron chi connectivity index (χ3n) is 5.40. The maximum absolute atomic E-state index is 13.4. The van der Waals surface area contributed by atoms with Crippen LogP contribution >= 0.6 is 0 Å². The number of nitrogens with one attached hydrogen (secondary N) is 1. The van der Waals surface area contributed by atoms with Gasteiger partial charge in [-0.05, 0) is 75.8 Å². The lowest BCUT2D eigenvalue weighted by molar-refractivity contribution is 0.0452. The van der Waals surface area contributed by atoms with Crippen molar-refractivity contribution in [2.75, 3.05) is 13.1 Å². The molecule has 0 unspecified atom stereocenters. The van der Waals surface area contributed by atoms with Gasteiger partial charge in [0.1, 0.15) is 5.60 Å². The number of rotatable bonds is 3. The molecule has 2 aromatic rings. The van der Waals surface area contributed by atoms with Crippen molar-refractivity contribution in [3.8, 4) is 11.1 Å². The second-order valence-corrected chi connectivity index (χ2v) is 9.08. The largest absolute Gasteiger partial charge is 0.444 e. The van der Waals surface area contributed by atoms with E-state index in [0.29, 0.717) is 18.7 Å². The van der Waals surface area contributed by atoms with Gasteiger partial charge in [-0.25, -0.2) is 4.79 Å². The Kier molecular flexibility index (Phi) is 6.49. The molecule has 3 rings (SSSR count). The van der Waals surface area contributed by atoms with E-state index < -0.39 is 11.7 Å². The fraction of sp³-hybridized carbons (Fsp3) is 0.440. The lowest BCUT2D eigenvalue weighted by atomic mass is 9.95. The molecule has 5 nitrogen and oxygen atoms in total. The molecule has 2 aromatic carbocycles. The predicted octanol–water partition coefficient (Wildman–Crippen LogP) is 5.10. The summed E-state index contributed by atoms with van der Waals surface area (Å²) in [7, 11) is 0. The van der Waals surface area contributed by atoms with E-state index >= 15 is 0 Å². The summed E-state index contributed by atoms with van der Waals surface area (Å²) < 4.78 is 5.37. The predicted molar refractivity (Wildman–Crippen MR) is 120 cm³/mol. The number of hydrogen-bond acceptors (Lipinski definition) is 3. The van der Waals surface area contributed by atoms with Gasteiger partial charge in [-0.2, -0.15) is 0 Å². The molecule has 0 aromatic heterocycles. The number of aryl methyl sites for hydroxylation is 2. The fourth-order valence-corrected chi connectivity index (χ4v) is 3.75. The second kappa shape index (κ2) is 8.90. The SMILES string of the molecule is Cc1ccc(-c2ccccc2C(=O)N2CCC[C@@H](NC(=O)OC(C)(C)C)C2)cc1C. The summed E-state index contributed by atoms with van der Waals surface area (Å²) in [5.74, 6) is -0.000447. The van der Waals surface area contributed by atoms with Crippen molar-refractivity contribution in [1.29, 1.82) is 0 Å². The first-order valence-electron chi connectivity index (χ1n) is 10.6. The first-order chi connectivity index (χ1) is 14.1. The van der Waals surface area contributed by atoms with Crippen LogP contribution < -0.4 is 5.32 Å². The van der Waals surface area contributed by atoms with Gasteiger partial charge < -0.3 is 15.0 Å². The molecule has 1 atom stereocenters. The van der Waals surface area contributed by atoms with E-state index in [-0.39, 0.29) is 11.9 Å². The maximum atomic E-state index is 13.4. The lowest BCUT2D eigenvalue weighted by Gasteiger charge is -2.34. The van der Waals surface area contributed by atoms with Gasteiger partial charge in [-0.15, -0.1) is 0 Å². The minimum absolute atomic E-state index is 0.000447. The Labute approximate surface area is 179 Å². The van der Waals surface area contributed by atoms with Gasteiger partial charge in [0.2, 0.25) is 0 Å². The zero-order valence-electron chi connectivity index (χ0n) is 18.6. The van der Waals surface area contributed by atoms with Gasteiger partial charge in [0.25, 0.3) is 5.91 Å². The fourth-order valence-electron chi connectivity index (χ4n) is 3.75. The van der Waals surface area contributed by atoms with Crippen LogP contribution in [0.25, 0.3) is 11.1 Å². The monoisotopic (exact) mass is 408 g/mol. The number of amides is 2. The van der Waals surface area contributed by atoms with E-state index in [2.05, 4.69) is 37.4 Å². The Hall–Kier alpha value is -2.82. The van der Waals surface area contributed by atoms with Crippen LogP contribution in [0.1, 0.15) is 55.1 Å². The summed E-state index contributed by atoms with van der Waals surface area (Å²) in [5, 5.41) is 2.92. The molecule has 1 N–H and O–H groups in total. The first kappa shape index (κ1) is 21.9. The summed E-state index contributed by atoms with van der Waals surface area (Å²) in [5.41, 5.74) is 4.57. The number of benzene rings is 2. The average Bonchev–Trinajstić information content (AvgIpc) is 2.68. The number of carbonyl (C=O) groups excluding carboxylic acids is 2. The standard InChI is InChI=1S/C25H32N2O3/c1-17-12-13-19(15-18(17)2)21-10-6-7-11-22(21)23(28)27-14-8-9-20(16-27)26-24(29)30-25(3,4)5/h6-7,10-13,15,20H,8-9,14,16H2,1-5H3,(H,26,29)/t20-/m1/s1. The maximum Gasteiger partial charge on any atom is 0.407 e. The molecular weight excluding hydrogens is 376 g/mol. The zero-order chi connectivity index (χ0) is 21.9. The molecule has 5 heteroatoms. The molecule has 1 saturated heterocycles. The number of ether oxygens (including phenoxy) is 1. The number of alkyl carbamates (subject to hydrolysis) is 1. The molecule has 0 bridgehead atoms. The van der Waals surface area contributed by atoms with Crippen molar-refractivity contribution in [1.82, 2.24) is 10.2 Å². The number of nitrogens with zero attached hydrogens (tertiary/aromatic N) is 1. The minimum Gasteiger partial charge on any atom is -0.444 e. The number of piperidine rings is 1. The van der Waals surface area contributed by atoms with Crippen LogP contribution in [0.3, 0.4) is 0 Å². The van der Waals surface area contributed by atoms with Crippen molar-refractivity contribution in [3.05, 3.63) is 59.2 Å². The number of carbonyl (C=O) groups is 2. The Morgan fingerprint density at radius 1 is 1.07 bits per heavy atom. The van der Waals surface area contributed by atoms with Gasteiger partial charge >= 0.3 is 6.09 Å². The van der Waals surface area contributed by atoms with E-state index in [4.69, 9.17) is 4.74 Å². The highest BCUT2D eigenvalue weighted by atomic mass is 16.6. The highest BCUT2D eigenvalue weighted by Crippen LogP contribution is 2.27. The third-order valence-corrected chi connectivity index (χ3v) is 5.40. The molecule has 1 aliphatic heterocycles. The van der Waals surface area contributed by atoms with Crippen LogP contribution in [-0.4, -0.2) is 41.6 Å². The van der Waals surface area contributed by atoms with Crippen LogP contribution in [0.5, 0.6) is 0 Å². The number of likely N-dealkylation sites (tertiary alicyclic amines) is 1. The van der Waals surface area contributed by atoms with Gasteiger partial charge in [0, 0.05) is 24.7 Å². The van der Waals surface area contributed by atoms with Crippen LogP contribution in [0, 0.1) is 13.8 Å². The van der Waals surface area contributed by atoms with E-state index in [1.807, 2.05) is 49.9 Å². The zero-order valence-corrected chi connectivity index (χ0v) is 18.6. The highest BCUT2D eigenvalue weighted by molar-refractivity contribution is 6.01. The molecule has 2 amide bonds. The second-order valence-electron chi connectivity index (χ2n) is 9.08. The van der Waals surface area contributed by atoms with Gasteiger partial charge in [0.15, 0.2) is 0 Å². The van der Waals surface area contributed by atoms with Gasteiger partial charge in [-0.1, -0.05) is 36.4 Å². The minimum atomic E-state index is -0.542. The molecular formula is C25H32N2O3. The first-order valence-corrected chi connectivity index (χ1v) is 10.6. The Bertz CT molecular complexity index is 930. The molecule has 1 heterocycles. The third kappa shape index (κ3) is 5.41. The number of hydrogen-bond donors (Lipinski definition) is 1. The lowest BCUT2D eigenvalue weighted by Crippen LogP contribution is -2.50. The molecule has 1 fully saturated rings. The van der Waals surface area contributed by atoms with E-state index in [9.17, 15) is 9.59 Å². The molecule has 0 aliphatic carbocycles. The van der Waals surface area contributed by atoms with E-state index in [1.165, 1.54) is 11.1 Å². The molecule has 1 aliphatic rings. The normalized spacial score (nSPS) is 16.8. The van der Waals surface area contributed by atoms with Crippen LogP contribution in [-0.2, 0) is 4.74 Å². The van der Waals surface area contributed by atoms with Crippen molar-refractivity contribution in [2.45, 2.75) is 59.1 Å².